The van der Waals surface area contributed by atoms with Crippen LogP contribution in [0.15, 0.2) is 12.2 Å². The summed E-state index contributed by atoms with van der Waals surface area (Å²) >= 11 is 0. The second-order valence-corrected chi connectivity index (χ2v) is 10.1. The molecule has 16 heavy (non-hydrogen) atoms. The van der Waals surface area contributed by atoms with Crippen LogP contribution in [0.1, 0.15) is 12.8 Å². The van der Waals surface area contributed by atoms with Gasteiger partial charge in [-0.25, -0.2) is 0 Å². The average Bonchev–Trinajstić information content (AvgIpc) is 2.14. The maximum Gasteiger partial charge on any atom is 0.310 e. The highest BCUT2D eigenvalue weighted by molar-refractivity contribution is 6.83. The summed E-state index contributed by atoms with van der Waals surface area (Å²) < 4.78 is 0. The van der Waals surface area contributed by atoms with E-state index in [-0.39, 0.29) is 6.42 Å². The number of hydrogen-bond acceptors (Lipinski definition) is 2. The van der Waals surface area contributed by atoms with Gasteiger partial charge in [0.15, 0.2) is 0 Å². The van der Waals surface area contributed by atoms with Crippen molar-refractivity contribution < 1.29 is 15.0 Å². The number of carboxylic acid groups (broad SMARTS) is 1. The molecule has 1 rings (SSSR count). The molecule has 0 aromatic heterocycles. The van der Waals surface area contributed by atoms with E-state index in [9.17, 15) is 9.90 Å². The lowest BCUT2D eigenvalue weighted by Crippen LogP contribution is -2.35. The van der Waals surface area contributed by atoms with Crippen LogP contribution in [0.3, 0.4) is 0 Å². The molecule has 1 aliphatic carbocycles. The van der Waals surface area contributed by atoms with Gasteiger partial charge >= 0.3 is 5.97 Å². The molecule has 88 valence electrons. The third kappa shape index (κ3) is 3.84. The van der Waals surface area contributed by atoms with E-state index in [2.05, 4.69) is 31.1 Å². The van der Waals surface area contributed by atoms with Crippen LogP contribution in [-0.4, -0.2) is 29.9 Å². The highest BCUT2D eigenvalue weighted by atomic mass is 28.3. The Morgan fingerprint density at radius 1 is 1.50 bits per heavy atom. The lowest BCUT2D eigenvalue weighted by atomic mass is 9.83. The zero-order chi connectivity index (χ0) is 12.4. The van der Waals surface area contributed by atoms with Gasteiger partial charge in [-0.2, -0.15) is 0 Å². The van der Waals surface area contributed by atoms with E-state index < -0.39 is 25.6 Å². The van der Waals surface area contributed by atoms with Crippen molar-refractivity contribution in [2.75, 3.05) is 0 Å². The minimum absolute atomic E-state index is 0.191. The second-order valence-electron chi connectivity index (χ2n) is 5.31. The first kappa shape index (κ1) is 13.0. The van der Waals surface area contributed by atoms with Crippen LogP contribution in [0.4, 0.5) is 0 Å². The maximum absolute atomic E-state index is 10.8. The quantitative estimate of drug-likeness (QED) is 0.415. The molecule has 3 nitrogen and oxygen atoms in total. The zero-order valence-corrected chi connectivity index (χ0v) is 10.9. The van der Waals surface area contributed by atoms with Crippen LogP contribution in [0.5, 0.6) is 0 Å². The van der Waals surface area contributed by atoms with E-state index in [1.165, 1.54) is 0 Å². The normalized spacial score (nSPS) is 29.4. The molecular formula is C12H18O3Si. The molecule has 2 atom stereocenters. The van der Waals surface area contributed by atoms with Crippen molar-refractivity contribution in [1.29, 1.82) is 0 Å². The summed E-state index contributed by atoms with van der Waals surface area (Å²) in [6, 6.07) is 0. The Morgan fingerprint density at radius 3 is 2.62 bits per heavy atom. The molecule has 0 unspecified atom stereocenters. The summed E-state index contributed by atoms with van der Waals surface area (Å²) in [4.78, 5) is 10.8. The van der Waals surface area contributed by atoms with Crippen molar-refractivity contribution >= 4 is 14.0 Å². The molecule has 0 fully saturated rings. The summed E-state index contributed by atoms with van der Waals surface area (Å²) in [5, 5.41) is 19.1. The topological polar surface area (TPSA) is 57.5 Å². The fraction of sp³-hybridized carbons (Fsp3) is 0.583. The van der Waals surface area contributed by atoms with Crippen LogP contribution >= 0.6 is 0 Å². The molecular weight excluding hydrogens is 220 g/mol. The van der Waals surface area contributed by atoms with E-state index in [1.54, 1.807) is 12.2 Å². The predicted molar refractivity (Wildman–Crippen MR) is 65.6 cm³/mol. The number of aliphatic carboxylic acids is 1. The van der Waals surface area contributed by atoms with Crippen molar-refractivity contribution in [3.8, 4) is 11.5 Å². The summed E-state index contributed by atoms with van der Waals surface area (Å²) in [6.45, 7) is 6.28. The van der Waals surface area contributed by atoms with Crippen LogP contribution in [0.2, 0.25) is 19.6 Å². The third-order valence-corrected chi connectivity index (χ3v) is 3.24. The van der Waals surface area contributed by atoms with Crippen LogP contribution in [0, 0.1) is 17.4 Å². The van der Waals surface area contributed by atoms with Crippen molar-refractivity contribution in [2.45, 2.75) is 38.1 Å². The molecule has 0 aromatic carbocycles. The Bertz CT molecular complexity index is 370. The highest BCUT2D eigenvalue weighted by Gasteiger charge is 2.33. The molecule has 2 N–H and O–H groups in total. The molecule has 0 heterocycles. The van der Waals surface area contributed by atoms with Crippen LogP contribution in [-0.2, 0) is 4.79 Å². The fourth-order valence-corrected chi connectivity index (χ4v) is 2.13. The molecule has 0 bridgehead atoms. The van der Waals surface area contributed by atoms with Gasteiger partial charge in [-0.1, -0.05) is 37.7 Å². The van der Waals surface area contributed by atoms with Gasteiger partial charge < -0.3 is 10.2 Å². The first-order valence-electron chi connectivity index (χ1n) is 5.38. The number of hydrogen-bond donors (Lipinski definition) is 2. The average molecular weight is 238 g/mol. The number of carboxylic acids is 1. The zero-order valence-electron chi connectivity index (χ0n) is 9.95. The SMILES string of the molecule is C[Si](C)(C)C#C[C@]1(O)CC=C[C@@H](C(=O)O)C1. The monoisotopic (exact) mass is 238 g/mol. The fourth-order valence-electron chi connectivity index (χ4n) is 1.52. The molecule has 0 spiro atoms. The van der Waals surface area contributed by atoms with Gasteiger partial charge in [0.25, 0.3) is 0 Å². The largest absolute Gasteiger partial charge is 0.481 e. The van der Waals surface area contributed by atoms with Crippen molar-refractivity contribution in [3.05, 3.63) is 12.2 Å². The van der Waals surface area contributed by atoms with Gasteiger partial charge in [-0.15, -0.1) is 5.54 Å². The van der Waals surface area contributed by atoms with E-state index in [0.717, 1.165) is 0 Å². The number of carbonyl (C=O) groups is 1. The van der Waals surface area contributed by atoms with E-state index >= 15 is 0 Å². The van der Waals surface area contributed by atoms with Crippen LogP contribution < -0.4 is 0 Å². The molecule has 0 radical (unpaired) electrons. The Hall–Kier alpha value is -1.05. The van der Waals surface area contributed by atoms with Crippen molar-refractivity contribution in [1.82, 2.24) is 0 Å². The van der Waals surface area contributed by atoms with Gasteiger partial charge in [0.2, 0.25) is 0 Å². The summed E-state index contributed by atoms with van der Waals surface area (Å²) in [5.41, 5.74) is 1.95. The minimum Gasteiger partial charge on any atom is -0.481 e. The summed E-state index contributed by atoms with van der Waals surface area (Å²) in [7, 11) is -1.53. The third-order valence-electron chi connectivity index (χ3n) is 2.37. The Morgan fingerprint density at radius 2 is 2.12 bits per heavy atom. The van der Waals surface area contributed by atoms with Gasteiger partial charge in [0.1, 0.15) is 13.7 Å². The van der Waals surface area contributed by atoms with Crippen LogP contribution in [0.25, 0.3) is 0 Å². The van der Waals surface area contributed by atoms with Gasteiger partial charge in [0, 0.05) is 12.8 Å². The first-order chi connectivity index (χ1) is 7.22. The summed E-state index contributed by atoms with van der Waals surface area (Å²) in [5.74, 6) is 1.36. The molecule has 0 saturated heterocycles. The van der Waals surface area contributed by atoms with Gasteiger partial charge in [-0.3, -0.25) is 4.79 Å². The lowest BCUT2D eigenvalue weighted by molar-refractivity contribution is -0.141. The number of aliphatic hydroxyl groups is 1. The van der Waals surface area contributed by atoms with Gasteiger partial charge in [0.05, 0.1) is 5.92 Å². The van der Waals surface area contributed by atoms with E-state index in [0.29, 0.717) is 6.42 Å². The second kappa shape index (κ2) is 4.44. The van der Waals surface area contributed by atoms with E-state index in [4.69, 9.17) is 5.11 Å². The Labute approximate surface area is 97.2 Å². The van der Waals surface area contributed by atoms with Crippen molar-refractivity contribution in [2.24, 2.45) is 5.92 Å². The lowest BCUT2D eigenvalue weighted by Gasteiger charge is -2.27. The maximum atomic E-state index is 10.8. The standard InChI is InChI=1S/C12H18O3Si/c1-16(2,3)8-7-12(15)6-4-5-10(9-12)11(13)14/h4-5,10,15H,6,9H2,1-3H3,(H,13,14)/t10-,12-/m1/s1. The minimum atomic E-state index is -1.53. The molecule has 0 saturated carbocycles. The Balaban J connectivity index is 2.83. The molecule has 0 aliphatic heterocycles. The number of rotatable bonds is 1. The summed E-state index contributed by atoms with van der Waals surface area (Å²) in [6.07, 6.45) is 3.96. The Kier molecular flexibility index (Phi) is 3.61. The smallest absolute Gasteiger partial charge is 0.310 e. The van der Waals surface area contributed by atoms with Gasteiger partial charge in [-0.05, 0) is 0 Å². The molecule has 0 aromatic rings. The molecule has 1 aliphatic rings. The predicted octanol–water partition coefficient (Wildman–Crippen LogP) is 1.65. The van der Waals surface area contributed by atoms with E-state index in [1.807, 2.05) is 0 Å². The molecule has 4 heteroatoms. The van der Waals surface area contributed by atoms with Crippen molar-refractivity contribution in [3.63, 3.8) is 0 Å². The highest BCUT2D eigenvalue weighted by Crippen LogP contribution is 2.27. The first-order valence-corrected chi connectivity index (χ1v) is 8.88. The molecule has 0 amide bonds.